The number of hydrogen-bond acceptors (Lipinski definition) is 4. The molecular weight excluding hydrogens is 243 g/mol. The van der Waals surface area contributed by atoms with Crippen molar-refractivity contribution >= 4 is 17.4 Å². The molecule has 1 saturated heterocycles. The topological polar surface area (TPSA) is 32.3 Å². The second-order valence-corrected chi connectivity index (χ2v) is 4.83. The van der Waals surface area contributed by atoms with E-state index in [0.717, 1.165) is 19.6 Å². The number of halogens is 2. The SMILES string of the molecule is Cc1nc(Cl)c(F)c(N2CCN(C)[C@H](C)C2)n1. The van der Waals surface area contributed by atoms with E-state index in [2.05, 4.69) is 28.8 Å². The fourth-order valence-corrected chi connectivity index (χ4v) is 2.17. The van der Waals surface area contributed by atoms with E-state index >= 15 is 0 Å². The molecule has 0 aromatic carbocycles. The minimum Gasteiger partial charge on any atom is -0.351 e. The summed E-state index contributed by atoms with van der Waals surface area (Å²) in [7, 11) is 2.07. The normalized spacial score (nSPS) is 21.9. The Bertz CT molecular complexity index is 426. The highest BCUT2D eigenvalue weighted by Crippen LogP contribution is 2.24. The Morgan fingerprint density at radius 2 is 2.06 bits per heavy atom. The van der Waals surface area contributed by atoms with Gasteiger partial charge in [0.25, 0.3) is 0 Å². The number of aromatic nitrogens is 2. The van der Waals surface area contributed by atoms with Crippen LogP contribution in [0.2, 0.25) is 5.15 Å². The third-order valence-corrected chi connectivity index (χ3v) is 3.41. The van der Waals surface area contributed by atoms with Crippen LogP contribution in [0.3, 0.4) is 0 Å². The summed E-state index contributed by atoms with van der Waals surface area (Å²) in [4.78, 5) is 12.1. The van der Waals surface area contributed by atoms with Crippen molar-refractivity contribution in [2.75, 3.05) is 31.6 Å². The predicted octanol–water partition coefficient (Wildman–Crippen LogP) is 1.72. The molecular formula is C11H16ClFN4. The van der Waals surface area contributed by atoms with E-state index in [4.69, 9.17) is 11.6 Å². The molecule has 0 aliphatic carbocycles. The summed E-state index contributed by atoms with van der Waals surface area (Å²) >= 11 is 5.74. The molecule has 2 heterocycles. The lowest BCUT2D eigenvalue weighted by Gasteiger charge is -2.38. The fourth-order valence-electron chi connectivity index (χ4n) is 1.96. The van der Waals surface area contributed by atoms with Crippen LogP contribution >= 0.6 is 11.6 Å². The maximum absolute atomic E-state index is 13.9. The highest BCUT2D eigenvalue weighted by molar-refractivity contribution is 6.29. The van der Waals surface area contributed by atoms with E-state index in [1.807, 2.05) is 4.90 Å². The molecule has 94 valence electrons. The van der Waals surface area contributed by atoms with Crippen molar-refractivity contribution in [1.82, 2.24) is 14.9 Å². The molecule has 2 rings (SSSR count). The lowest BCUT2D eigenvalue weighted by Crippen LogP contribution is -2.50. The number of rotatable bonds is 1. The average molecular weight is 259 g/mol. The van der Waals surface area contributed by atoms with Gasteiger partial charge in [-0.1, -0.05) is 11.6 Å². The summed E-state index contributed by atoms with van der Waals surface area (Å²) in [6, 6.07) is 0.372. The Hall–Kier alpha value is -0.940. The van der Waals surface area contributed by atoms with Gasteiger partial charge < -0.3 is 9.80 Å². The molecule has 0 radical (unpaired) electrons. The van der Waals surface area contributed by atoms with Gasteiger partial charge in [0.15, 0.2) is 11.0 Å². The predicted molar refractivity (Wildman–Crippen MR) is 66.0 cm³/mol. The van der Waals surface area contributed by atoms with E-state index < -0.39 is 5.82 Å². The van der Waals surface area contributed by atoms with Crippen LogP contribution in [0.15, 0.2) is 0 Å². The van der Waals surface area contributed by atoms with Gasteiger partial charge in [0.1, 0.15) is 5.82 Å². The standard InChI is InChI=1S/C11H16ClFN4/c1-7-6-17(5-4-16(7)3)11-9(13)10(12)14-8(2)15-11/h7H,4-6H2,1-3H3/t7-/m1/s1. The first kappa shape index (κ1) is 12.5. The van der Waals surface area contributed by atoms with E-state index in [1.165, 1.54) is 0 Å². The third-order valence-electron chi connectivity index (χ3n) is 3.16. The molecule has 0 saturated carbocycles. The van der Waals surface area contributed by atoms with Crippen molar-refractivity contribution in [2.45, 2.75) is 19.9 Å². The number of likely N-dealkylation sites (N-methyl/N-ethyl adjacent to an activating group) is 1. The summed E-state index contributed by atoms with van der Waals surface area (Å²) in [5.41, 5.74) is 0. The zero-order valence-corrected chi connectivity index (χ0v) is 11.0. The molecule has 6 heteroatoms. The van der Waals surface area contributed by atoms with Gasteiger partial charge in [0.05, 0.1) is 0 Å². The molecule has 1 aromatic heterocycles. The van der Waals surface area contributed by atoms with Crippen molar-refractivity contribution in [1.29, 1.82) is 0 Å². The number of aryl methyl sites for hydroxylation is 1. The van der Waals surface area contributed by atoms with Gasteiger partial charge in [-0.3, -0.25) is 0 Å². The first-order valence-corrected chi connectivity index (χ1v) is 6.01. The monoisotopic (exact) mass is 258 g/mol. The van der Waals surface area contributed by atoms with Gasteiger partial charge >= 0.3 is 0 Å². The maximum Gasteiger partial charge on any atom is 0.202 e. The van der Waals surface area contributed by atoms with Crippen LogP contribution in [0.4, 0.5) is 10.2 Å². The second kappa shape index (κ2) is 4.74. The Morgan fingerprint density at radius 3 is 2.71 bits per heavy atom. The number of piperazine rings is 1. The summed E-state index contributed by atoms with van der Waals surface area (Å²) < 4.78 is 13.9. The molecule has 17 heavy (non-hydrogen) atoms. The lowest BCUT2D eigenvalue weighted by atomic mass is 10.2. The Balaban J connectivity index is 2.28. The summed E-state index contributed by atoms with van der Waals surface area (Å²) in [5, 5.41) is -0.0981. The van der Waals surface area contributed by atoms with Crippen LogP contribution in [0.25, 0.3) is 0 Å². The van der Waals surface area contributed by atoms with Gasteiger partial charge in [-0.2, -0.15) is 4.39 Å². The minimum absolute atomic E-state index is 0.0981. The zero-order valence-electron chi connectivity index (χ0n) is 10.2. The van der Waals surface area contributed by atoms with Crippen molar-refractivity contribution in [3.63, 3.8) is 0 Å². The molecule has 1 atom stereocenters. The second-order valence-electron chi connectivity index (χ2n) is 4.47. The first-order valence-electron chi connectivity index (χ1n) is 5.64. The number of nitrogens with zero attached hydrogens (tertiary/aromatic N) is 4. The van der Waals surface area contributed by atoms with Crippen LogP contribution < -0.4 is 4.90 Å². The van der Waals surface area contributed by atoms with E-state index in [9.17, 15) is 4.39 Å². The molecule has 1 fully saturated rings. The molecule has 1 aromatic rings. The largest absolute Gasteiger partial charge is 0.351 e. The quantitative estimate of drug-likeness (QED) is 0.718. The average Bonchev–Trinajstić information content (AvgIpc) is 2.27. The van der Waals surface area contributed by atoms with Crippen LogP contribution in [0.1, 0.15) is 12.7 Å². The number of hydrogen-bond donors (Lipinski definition) is 0. The molecule has 0 N–H and O–H groups in total. The number of anilines is 1. The van der Waals surface area contributed by atoms with Crippen LogP contribution in [0, 0.1) is 12.7 Å². The van der Waals surface area contributed by atoms with Crippen molar-refractivity contribution in [3.05, 3.63) is 16.8 Å². The molecule has 1 aliphatic rings. The van der Waals surface area contributed by atoms with E-state index in [1.54, 1.807) is 6.92 Å². The van der Waals surface area contributed by atoms with Crippen LogP contribution in [-0.2, 0) is 0 Å². The molecule has 0 amide bonds. The molecule has 0 unspecified atom stereocenters. The van der Waals surface area contributed by atoms with Crippen molar-refractivity contribution in [2.24, 2.45) is 0 Å². The summed E-state index contributed by atoms with van der Waals surface area (Å²) in [6.07, 6.45) is 0. The Morgan fingerprint density at radius 1 is 1.35 bits per heavy atom. The van der Waals surface area contributed by atoms with Crippen molar-refractivity contribution in [3.8, 4) is 0 Å². The Kier molecular flexibility index (Phi) is 3.49. The van der Waals surface area contributed by atoms with Crippen LogP contribution in [0.5, 0.6) is 0 Å². The summed E-state index contributed by atoms with van der Waals surface area (Å²) in [5.74, 6) is 0.300. The molecule has 1 aliphatic heterocycles. The van der Waals surface area contributed by atoms with Crippen molar-refractivity contribution < 1.29 is 4.39 Å². The highest BCUT2D eigenvalue weighted by atomic mass is 35.5. The van der Waals surface area contributed by atoms with Gasteiger partial charge in [-0.25, -0.2) is 9.97 Å². The summed E-state index contributed by atoms with van der Waals surface area (Å²) in [6.45, 7) is 6.22. The van der Waals surface area contributed by atoms with Gasteiger partial charge in [0, 0.05) is 25.7 Å². The minimum atomic E-state index is -0.519. The third kappa shape index (κ3) is 2.50. The van der Waals surface area contributed by atoms with E-state index in [-0.39, 0.29) is 5.15 Å². The van der Waals surface area contributed by atoms with E-state index in [0.29, 0.717) is 17.7 Å². The zero-order chi connectivity index (χ0) is 12.6. The first-order chi connectivity index (χ1) is 7.99. The van der Waals surface area contributed by atoms with Gasteiger partial charge in [0.2, 0.25) is 5.82 Å². The maximum atomic E-state index is 13.9. The molecule has 0 bridgehead atoms. The smallest absolute Gasteiger partial charge is 0.202 e. The fraction of sp³-hybridized carbons (Fsp3) is 0.636. The lowest BCUT2D eigenvalue weighted by molar-refractivity contribution is 0.232. The van der Waals surface area contributed by atoms with Gasteiger partial charge in [-0.05, 0) is 20.9 Å². The van der Waals surface area contributed by atoms with Crippen LogP contribution in [-0.4, -0.2) is 47.6 Å². The Labute approximate surface area is 105 Å². The van der Waals surface area contributed by atoms with Gasteiger partial charge in [-0.15, -0.1) is 0 Å². The molecule has 4 nitrogen and oxygen atoms in total. The molecule has 0 spiro atoms. The highest BCUT2D eigenvalue weighted by Gasteiger charge is 2.25.